The quantitative estimate of drug-likeness (QED) is 0.545. The highest BCUT2D eigenvalue weighted by atomic mass is 16.3. The van der Waals surface area contributed by atoms with Crippen molar-refractivity contribution in [3.8, 4) is 0 Å². The van der Waals surface area contributed by atoms with E-state index in [9.17, 15) is 14.7 Å². The van der Waals surface area contributed by atoms with E-state index in [2.05, 4.69) is 16.0 Å². The summed E-state index contributed by atoms with van der Waals surface area (Å²) in [6, 6.07) is 16.9. The maximum absolute atomic E-state index is 12.6. The Morgan fingerprint density at radius 2 is 1.53 bits per heavy atom. The summed E-state index contributed by atoms with van der Waals surface area (Å²) in [5, 5.41) is 19.4. The Labute approximate surface area is 176 Å². The predicted octanol–water partition coefficient (Wildman–Crippen LogP) is 4.65. The van der Waals surface area contributed by atoms with Gasteiger partial charge in [0.15, 0.2) is 0 Å². The SMILES string of the molecule is O=C(Nc1ccc(Nc2ccccc2)cc1)C1=C(O)CC(C2CCCCC2)NC1=O. The zero-order valence-electron chi connectivity index (χ0n) is 16.9. The van der Waals surface area contributed by atoms with E-state index in [0.29, 0.717) is 18.0 Å². The van der Waals surface area contributed by atoms with Crippen molar-refractivity contribution in [1.29, 1.82) is 0 Å². The van der Waals surface area contributed by atoms with E-state index in [1.54, 1.807) is 12.1 Å². The molecular weight excluding hydrogens is 378 g/mol. The molecule has 30 heavy (non-hydrogen) atoms. The van der Waals surface area contributed by atoms with Gasteiger partial charge in [-0.2, -0.15) is 0 Å². The molecule has 0 aromatic heterocycles. The van der Waals surface area contributed by atoms with Gasteiger partial charge in [-0.05, 0) is 55.2 Å². The summed E-state index contributed by atoms with van der Waals surface area (Å²) in [6.45, 7) is 0. The smallest absolute Gasteiger partial charge is 0.264 e. The van der Waals surface area contributed by atoms with Crippen molar-refractivity contribution >= 4 is 28.9 Å². The molecule has 1 atom stereocenters. The van der Waals surface area contributed by atoms with Crippen LogP contribution in [0.3, 0.4) is 0 Å². The van der Waals surface area contributed by atoms with E-state index < -0.39 is 11.8 Å². The first-order valence-electron chi connectivity index (χ1n) is 10.6. The fourth-order valence-electron chi connectivity index (χ4n) is 4.31. The lowest BCUT2D eigenvalue weighted by atomic mass is 9.81. The van der Waals surface area contributed by atoms with E-state index in [4.69, 9.17) is 0 Å². The third-order valence-corrected chi connectivity index (χ3v) is 5.90. The van der Waals surface area contributed by atoms with Crippen LogP contribution >= 0.6 is 0 Å². The Morgan fingerprint density at radius 1 is 0.900 bits per heavy atom. The van der Waals surface area contributed by atoms with Gasteiger partial charge in [-0.15, -0.1) is 0 Å². The molecular formula is C24H27N3O3. The molecule has 6 nitrogen and oxygen atoms in total. The van der Waals surface area contributed by atoms with Crippen LogP contribution in [0.4, 0.5) is 17.1 Å². The first kappa shape index (κ1) is 20.0. The molecule has 0 bridgehead atoms. The first-order valence-corrected chi connectivity index (χ1v) is 10.6. The lowest BCUT2D eigenvalue weighted by molar-refractivity contribution is -0.123. The average Bonchev–Trinajstić information content (AvgIpc) is 2.76. The molecule has 2 aliphatic rings. The highest BCUT2D eigenvalue weighted by Gasteiger charge is 2.35. The molecule has 156 valence electrons. The third kappa shape index (κ3) is 4.64. The number of anilines is 3. The Morgan fingerprint density at radius 3 is 2.20 bits per heavy atom. The Bertz CT molecular complexity index is 932. The van der Waals surface area contributed by atoms with Crippen molar-refractivity contribution in [1.82, 2.24) is 5.32 Å². The van der Waals surface area contributed by atoms with Gasteiger partial charge >= 0.3 is 0 Å². The number of para-hydroxylation sites is 1. The van der Waals surface area contributed by atoms with Gasteiger partial charge in [0, 0.05) is 29.5 Å². The van der Waals surface area contributed by atoms with Crippen molar-refractivity contribution in [2.45, 2.75) is 44.6 Å². The maximum atomic E-state index is 12.6. The molecule has 2 aromatic rings. The number of hydrogen-bond donors (Lipinski definition) is 4. The van der Waals surface area contributed by atoms with Crippen LogP contribution in [0.5, 0.6) is 0 Å². The minimum Gasteiger partial charge on any atom is -0.511 e. The number of hydrogen-bond acceptors (Lipinski definition) is 4. The number of carbonyl (C=O) groups is 2. The summed E-state index contributed by atoms with van der Waals surface area (Å²) >= 11 is 0. The van der Waals surface area contributed by atoms with Crippen LogP contribution in [0.15, 0.2) is 65.9 Å². The van der Waals surface area contributed by atoms with Crippen LogP contribution in [0, 0.1) is 5.92 Å². The predicted molar refractivity (Wildman–Crippen MR) is 118 cm³/mol. The number of aliphatic hydroxyl groups excluding tert-OH is 1. The zero-order valence-corrected chi connectivity index (χ0v) is 16.9. The molecule has 4 rings (SSSR count). The molecule has 1 heterocycles. The summed E-state index contributed by atoms with van der Waals surface area (Å²) in [5.41, 5.74) is 2.22. The first-order chi connectivity index (χ1) is 14.6. The normalized spacial score (nSPS) is 19.9. The monoisotopic (exact) mass is 405 g/mol. The highest BCUT2D eigenvalue weighted by molar-refractivity contribution is 6.23. The van der Waals surface area contributed by atoms with Gasteiger partial charge < -0.3 is 21.1 Å². The summed E-state index contributed by atoms with van der Waals surface area (Å²) in [4.78, 5) is 25.2. The zero-order chi connectivity index (χ0) is 20.9. The second-order valence-electron chi connectivity index (χ2n) is 8.03. The number of amides is 2. The van der Waals surface area contributed by atoms with Crippen molar-refractivity contribution < 1.29 is 14.7 Å². The van der Waals surface area contributed by atoms with E-state index >= 15 is 0 Å². The molecule has 2 amide bonds. The largest absolute Gasteiger partial charge is 0.511 e. The van der Waals surface area contributed by atoms with Crippen molar-refractivity contribution in [3.63, 3.8) is 0 Å². The molecule has 1 saturated carbocycles. The Hall–Kier alpha value is -3.28. The standard InChI is InChI=1S/C24H27N3O3/c28-21-15-20(16-7-3-1-4-8-16)27-24(30)22(21)23(29)26-19-13-11-18(12-14-19)25-17-9-5-2-6-10-17/h2,5-6,9-14,16,20,25,28H,1,3-4,7-8,15H2,(H,26,29)(H,27,30). The van der Waals surface area contributed by atoms with Gasteiger partial charge in [0.2, 0.25) is 0 Å². The lowest BCUT2D eigenvalue weighted by Gasteiger charge is -2.33. The average molecular weight is 405 g/mol. The van der Waals surface area contributed by atoms with E-state index in [1.807, 2.05) is 42.5 Å². The summed E-state index contributed by atoms with van der Waals surface area (Å²) < 4.78 is 0. The van der Waals surface area contributed by atoms with Crippen LogP contribution in [0.2, 0.25) is 0 Å². The molecule has 0 saturated heterocycles. The molecule has 4 N–H and O–H groups in total. The van der Waals surface area contributed by atoms with Crippen molar-refractivity contribution in [2.75, 3.05) is 10.6 Å². The second-order valence-corrected chi connectivity index (χ2v) is 8.03. The Balaban J connectivity index is 1.39. The van der Waals surface area contributed by atoms with E-state index in [1.165, 1.54) is 6.42 Å². The van der Waals surface area contributed by atoms with Crippen LogP contribution in [-0.2, 0) is 9.59 Å². The second kappa shape index (κ2) is 9.03. The fourth-order valence-corrected chi connectivity index (χ4v) is 4.31. The topological polar surface area (TPSA) is 90.5 Å². The minimum atomic E-state index is -0.587. The molecule has 1 aliphatic carbocycles. The van der Waals surface area contributed by atoms with E-state index in [0.717, 1.165) is 37.1 Å². The molecule has 6 heteroatoms. The van der Waals surface area contributed by atoms with Crippen LogP contribution < -0.4 is 16.0 Å². The summed E-state index contributed by atoms with van der Waals surface area (Å²) in [7, 11) is 0. The molecule has 1 unspecified atom stereocenters. The molecule has 1 fully saturated rings. The molecule has 2 aromatic carbocycles. The summed E-state index contributed by atoms with van der Waals surface area (Å²) in [6.07, 6.45) is 5.98. The van der Waals surface area contributed by atoms with E-state index in [-0.39, 0.29) is 17.4 Å². The number of rotatable bonds is 5. The van der Waals surface area contributed by atoms with Crippen molar-refractivity contribution in [2.24, 2.45) is 5.92 Å². The summed E-state index contributed by atoms with van der Waals surface area (Å²) in [5.74, 6) is -0.821. The number of aliphatic hydroxyl groups is 1. The van der Waals surface area contributed by atoms with Gasteiger partial charge in [0.05, 0.1) is 0 Å². The molecule has 0 spiro atoms. The highest BCUT2D eigenvalue weighted by Crippen LogP contribution is 2.31. The number of benzene rings is 2. The number of carbonyl (C=O) groups excluding carboxylic acids is 2. The third-order valence-electron chi connectivity index (χ3n) is 5.90. The molecule has 0 radical (unpaired) electrons. The minimum absolute atomic E-state index is 0.0855. The van der Waals surface area contributed by atoms with Crippen LogP contribution in [0.1, 0.15) is 38.5 Å². The van der Waals surface area contributed by atoms with Gasteiger partial charge in [0.1, 0.15) is 11.3 Å². The maximum Gasteiger partial charge on any atom is 0.264 e. The fraction of sp³-hybridized carbons (Fsp3) is 0.333. The van der Waals surface area contributed by atoms with Gasteiger partial charge in [0.25, 0.3) is 11.8 Å². The molecule has 1 aliphatic heterocycles. The van der Waals surface area contributed by atoms with Gasteiger partial charge in [-0.1, -0.05) is 37.5 Å². The van der Waals surface area contributed by atoms with Crippen LogP contribution in [-0.4, -0.2) is 23.0 Å². The van der Waals surface area contributed by atoms with Crippen molar-refractivity contribution in [3.05, 3.63) is 65.9 Å². The Kier molecular flexibility index (Phi) is 6.02. The lowest BCUT2D eigenvalue weighted by Crippen LogP contribution is -2.47. The van der Waals surface area contributed by atoms with Crippen LogP contribution in [0.25, 0.3) is 0 Å². The van der Waals surface area contributed by atoms with Gasteiger partial charge in [-0.25, -0.2) is 0 Å². The van der Waals surface area contributed by atoms with Gasteiger partial charge in [-0.3, -0.25) is 9.59 Å². The number of nitrogens with one attached hydrogen (secondary N) is 3.